The summed E-state index contributed by atoms with van der Waals surface area (Å²) >= 11 is 0. The fraction of sp³-hybridized carbons (Fsp3) is 0.353. The van der Waals surface area contributed by atoms with Crippen molar-refractivity contribution in [1.29, 1.82) is 0 Å². The predicted octanol–water partition coefficient (Wildman–Crippen LogP) is 22.5. The second kappa shape index (κ2) is 29.7. The van der Waals surface area contributed by atoms with Crippen molar-refractivity contribution in [3.63, 3.8) is 0 Å². The summed E-state index contributed by atoms with van der Waals surface area (Å²) in [6, 6.07) is 2.72. The molecule has 96 heavy (non-hydrogen) atoms. The molecule has 4 aliphatic rings. The first-order valence-electron chi connectivity index (χ1n) is 30.4. The lowest BCUT2D eigenvalue weighted by molar-refractivity contribution is -0.661. The first-order chi connectivity index (χ1) is 45.3. The van der Waals surface area contributed by atoms with Crippen LogP contribution in [-0.4, -0.2) is 19.2 Å². The van der Waals surface area contributed by atoms with Gasteiger partial charge >= 0.3 is 0 Å². The Balaban J connectivity index is 0.000000246. The van der Waals surface area contributed by atoms with Gasteiger partial charge in [-0.15, -0.1) is 0 Å². The number of rotatable bonds is 20. The van der Waals surface area contributed by atoms with Crippen molar-refractivity contribution in [3.8, 4) is 11.1 Å². The Morgan fingerprint density at radius 2 is 0.667 bits per heavy atom. The molecule has 2 N–H and O–H groups in total. The number of fused-ring (bicyclic) bond motifs is 4. The normalized spacial score (nSPS) is 18.7. The van der Waals surface area contributed by atoms with E-state index in [1.807, 2.05) is 0 Å². The molecule has 518 valence electrons. The second-order valence-corrected chi connectivity index (χ2v) is 24.2. The van der Waals surface area contributed by atoms with E-state index in [0.29, 0.717) is 0 Å². The molecule has 10 rings (SSSR count). The molecule has 0 amide bonds. The van der Waals surface area contributed by atoms with Crippen molar-refractivity contribution in [2.45, 2.75) is 122 Å². The summed E-state index contributed by atoms with van der Waals surface area (Å²) < 4.78 is 390. The van der Waals surface area contributed by atoms with Crippen LogP contribution in [0.1, 0.15) is 167 Å². The maximum atomic E-state index is 16.9. The van der Waals surface area contributed by atoms with Crippen LogP contribution < -0.4 is 5.32 Å². The molecular formula is C68H56BF26N. The molecule has 0 spiro atoms. The van der Waals surface area contributed by atoms with Crippen LogP contribution in [0.25, 0.3) is 34.4 Å². The Bertz CT molecular complexity index is 3760. The lowest BCUT2D eigenvalue weighted by atomic mass is 9.02. The molecule has 0 fully saturated rings. The minimum Gasteiger partial charge on any atom is -0.346 e. The van der Waals surface area contributed by atoms with Gasteiger partial charge in [-0.1, -0.05) is 143 Å². The number of hydrogen-bond acceptors (Lipinski definition) is 0. The van der Waals surface area contributed by atoms with E-state index in [2.05, 4.69) is 39.9 Å². The van der Waals surface area contributed by atoms with Gasteiger partial charge in [-0.05, 0) is 61.4 Å². The molecule has 0 saturated heterocycles. The van der Waals surface area contributed by atoms with E-state index in [9.17, 15) is 43.9 Å². The third-order valence-corrected chi connectivity index (χ3v) is 18.8. The van der Waals surface area contributed by atoms with Crippen molar-refractivity contribution in [2.75, 3.05) is 13.1 Å². The quantitative estimate of drug-likeness (QED) is 0.0258. The van der Waals surface area contributed by atoms with Gasteiger partial charge in [0.05, 0.1) is 47.1 Å². The minimum absolute atomic E-state index is 0.375. The Morgan fingerprint density at radius 1 is 0.344 bits per heavy atom. The average Bonchev–Trinajstić information content (AvgIpc) is 1.47. The summed E-state index contributed by atoms with van der Waals surface area (Å²) in [5.74, 6) is -76.7. The standard InChI is InChI=1S/C36H8BF20.C20H43N.C12H4F6/c38-9-1-5-13(25(46)21(9)42)29(50)33(54)17(5)37(18-6-2-10(39)22(43)26(47)14(6)30(51)34(18)55,19-7-3-11(40)23(44)27(48)15(7)31(52)35(19)56)20-8-4-12(41)24(45)28(49)16(8)32(53)36(20)57;1-6-10-12-20(9-4)15-16-21-17-18(5)13-14-19(8-3)11-7-2;13-6-4-2-1-3-5(6)7-8(14)10(16)12(18)11(17)9(7)15/h1-4,17-20H;18-21H,6-17H2,1-5H3;1-4H/q-1;;/p+1. The second-order valence-electron chi connectivity index (χ2n) is 24.2. The lowest BCUT2D eigenvalue weighted by Crippen LogP contribution is -2.85. The minimum atomic E-state index is -5.79. The summed E-state index contributed by atoms with van der Waals surface area (Å²) in [4.78, 5) is 0. The largest absolute Gasteiger partial charge is 0.346 e. The fourth-order valence-electron chi connectivity index (χ4n) is 14.2. The monoisotopic (exact) mass is 1390 g/mol. The van der Waals surface area contributed by atoms with E-state index < -0.39 is 236 Å². The topological polar surface area (TPSA) is 16.6 Å². The molecule has 7 atom stereocenters. The van der Waals surface area contributed by atoms with Gasteiger partial charge in [-0.3, -0.25) is 0 Å². The van der Waals surface area contributed by atoms with Crippen LogP contribution in [0.2, 0.25) is 0 Å². The van der Waals surface area contributed by atoms with Gasteiger partial charge in [0.15, 0.2) is 116 Å². The highest BCUT2D eigenvalue weighted by molar-refractivity contribution is 6.88. The molecule has 1 nitrogen and oxygen atoms in total. The highest BCUT2D eigenvalue weighted by Crippen LogP contribution is 2.71. The van der Waals surface area contributed by atoms with Crippen molar-refractivity contribution in [2.24, 2.45) is 17.8 Å². The van der Waals surface area contributed by atoms with E-state index in [-0.39, 0.29) is 24.3 Å². The van der Waals surface area contributed by atoms with Crippen LogP contribution in [0.15, 0.2) is 71.8 Å². The Labute approximate surface area is 532 Å². The summed E-state index contributed by atoms with van der Waals surface area (Å²) in [7, 11) is 0. The maximum absolute atomic E-state index is 16.9. The van der Waals surface area contributed by atoms with E-state index in [4.69, 9.17) is 0 Å². The fourth-order valence-corrected chi connectivity index (χ4v) is 14.2. The highest BCUT2D eigenvalue weighted by atomic mass is 19.2. The molecule has 0 heterocycles. The zero-order valence-electron chi connectivity index (χ0n) is 51.1. The summed E-state index contributed by atoms with van der Waals surface area (Å²) in [6.45, 7) is 14.5. The number of nitrogens with two attached hydrogens (primary N) is 1. The van der Waals surface area contributed by atoms with E-state index >= 15 is 70.2 Å². The SMILES string of the molecule is CCCCC(CC)CC[NH2+]CC(C)CCC(CC)CCC.FC1=C(F)C([B-](C2C(F)=C(F)c3c2cc(F)c(F)c3F)(C2C(F)=C(F)c3c2cc(F)c(F)c3F)C2C(F)=C(F)c3c2cc(F)c(F)c3F)c2cc(F)c(F)c(F)c21.Fc1ccccc1-c1c(F)c(F)c(F)c(F)c1F. The van der Waals surface area contributed by atoms with E-state index in [1.165, 1.54) is 89.4 Å². The van der Waals surface area contributed by atoms with Crippen LogP contribution in [0.4, 0.5) is 114 Å². The molecule has 0 aromatic heterocycles. The van der Waals surface area contributed by atoms with Crippen molar-refractivity contribution < 1.29 is 119 Å². The first-order valence-corrected chi connectivity index (χ1v) is 30.4. The van der Waals surface area contributed by atoms with Crippen LogP contribution in [0, 0.1) is 122 Å². The van der Waals surface area contributed by atoms with Gasteiger partial charge in [0.1, 0.15) is 29.1 Å². The van der Waals surface area contributed by atoms with Gasteiger partial charge in [-0.25, -0.2) is 114 Å². The van der Waals surface area contributed by atoms with Crippen LogP contribution in [0.3, 0.4) is 0 Å². The average molecular weight is 1390 g/mol. The Hall–Kier alpha value is -7.52. The van der Waals surface area contributed by atoms with Gasteiger partial charge in [0.25, 0.3) is 0 Å². The molecule has 0 aliphatic heterocycles. The van der Waals surface area contributed by atoms with Crippen molar-refractivity contribution >= 4 is 29.5 Å². The third-order valence-electron chi connectivity index (χ3n) is 18.8. The number of hydrogen-bond donors (Lipinski definition) is 1. The molecule has 7 unspecified atom stereocenters. The predicted molar refractivity (Wildman–Crippen MR) is 307 cm³/mol. The van der Waals surface area contributed by atoms with Crippen molar-refractivity contribution in [3.05, 3.63) is 221 Å². The molecule has 0 bridgehead atoms. The molecule has 4 aliphatic carbocycles. The molecular weight excluding hydrogens is 1340 g/mol. The van der Waals surface area contributed by atoms with Crippen LogP contribution in [0.5, 0.6) is 0 Å². The molecule has 6 aromatic rings. The molecule has 6 aromatic carbocycles. The summed E-state index contributed by atoms with van der Waals surface area (Å²) in [5, 5.41) is 2.58. The van der Waals surface area contributed by atoms with Gasteiger partial charge in [0.2, 0.25) is 5.82 Å². The Morgan fingerprint density at radius 3 is 0.990 bits per heavy atom. The number of quaternary nitrogens is 1. The van der Waals surface area contributed by atoms with Gasteiger partial charge < -0.3 is 5.32 Å². The summed E-state index contributed by atoms with van der Waals surface area (Å²) in [6.07, 6.45) is 8.28. The zero-order chi connectivity index (χ0) is 71.2. The molecule has 28 heteroatoms. The Kier molecular flexibility index (Phi) is 23.0. The third kappa shape index (κ3) is 12.8. The van der Waals surface area contributed by atoms with Gasteiger partial charge in [-0.2, -0.15) is 0 Å². The van der Waals surface area contributed by atoms with Gasteiger partial charge in [0, 0.05) is 11.5 Å². The van der Waals surface area contributed by atoms with E-state index in [0.717, 1.165) is 29.9 Å². The van der Waals surface area contributed by atoms with Crippen LogP contribution >= 0.6 is 0 Å². The number of benzene rings is 6. The van der Waals surface area contributed by atoms with E-state index in [1.54, 1.807) is 0 Å². The molecule has 0 radical (unpaired) electrons. The number of allylic oxidation sites excluding steroid dienone is 4. The summed E-state index contributed by atoms with van der Waals surface area (Å²) in [5.41, 5.74) is -17.5. The smallest absolute Gasteiger partial charge is 0.200 e. The zero-order valence-corrected chi connectivity index (χ0v) is 51.1. The van der Waals surface area contributed by atoms with Crippen molar-refractivity contribution in [1.82, 2.24) is 0 Å². The first kappa shape index (κ1) is 74.3. The highest BCUT2D eigenvalue weighted by Gasteiger charge is 2.65. The van der Waals surface area contributed by atoms with Crippen LogP contribution in [-0.2, 0) is 0 Å². The molecule has 0 saturated carbocycles. The number of halogens is 26. The lowest BCUT2D eigenvalue weighted by Gasteiger charge is -2.57. The maximum Gasteiger partial charge on any atom is 0.200 e. The number of unbranched alkanes of at least 4 members (excludes halogenated alkanes) is 1.